The lowest BCUT2D eigenvalue weighted by Crippen LogP contribution is -2.36. The molecule has 1 aliphatic carbocycles. The van der Waals surface area contributed by atoms with E-state index in [-0.39, 0.29) is 6.61 Å². The number of hydrogen-bond acceptors (Lipinski definition) is 2. The fraction of sp³-hybridized carbons (Fsp3) is 0.500. The van der Waals surface area contributed by atoms with Crippen molar-refractivity contribution in [2.45, 2.75) is 24.9 Å². The standard InChI is InChI=1S/C12H15BrO2/c1-15-12(8-14)6-2-3-9-4-5-10(13)7-11(9)12/h4-5,7,14H,2-3,6,8H2,1H3. The second kappa shape index (κ2) is 4.24. The van der Waals surface area contributed by atoms with E-state index < -0.39 is 5.60 Å². The van der Waals surface area contributed by atoms with Gasteiger partial charge in [-0.15, -0.1) is 0 Å². The summed E-state index contributed by atoms with van der Waals surface area (Å²) in [6, 6.07) is 6.22. The highest BCUT2D eigenvalue weighted by atomic mass is 79.9. The van der Waals surface area contributed by atoms with Gasteiger partial charge in [0.05, 0.1) is 6.61 Å². The summed E-state index contributed by atoms with van der Waals surface area (Å²) in [6.45, 7) is 0.0486. The zero-order valence-electron chi connectivity index (χ0n) is 8.79. The molecule has 0 saturated carbocycles. The van der Waals surface area contributed by atoms with Crippen LogP contribution >= 0.6 is 15.9 Å². The Morgan fingerprint density at radius 2 is 2.33 bits per heavy atom. The Kier molecular flexibility index (Phi) is 3.14. The predicted molar refractivity (Wildman–Crippen MR) is 62.9 cm³/mol. The summed E-state index contributed by atoms with van der Waals surface area (Å²) >= 11 is 3.46. The first-order chi connectivity index (χ1) is 7.22. The van der Waals surface area contributed by atoms with Crippen LogP contribution in [-0.2, 0) is 16.8 Å². The molecule has 82 valence electrons. The number of hydrogen-bond donors (Lipinski definition) is 1. The minimum atomic E-state index is -0.489. The molecule has 2 nitrogen and oxygen atoms in total. The molecule has 0 amide bonds. The number of rotatable bonds is 2. The highest BCUT2D eigenvalue weighted by Gasteiger charge is 2.36. The number of ether oxygens (including phenoxy) is 1. The predicted octanol–water partition coefficient (Wildman–Crippen LogP) is 2.62. The fourth-order valence-corrected chi connectivity index (χ4v) is 2.69. The molecule has 0 fully saturated rings. The summed E-state index contributed by atoms with van der Waals surface area (Å²) in [4.78, 5) is 0. The minimum Gasteiger partial charge on any atom is -0.393 e. The topological polar surface area (TPSA) is 29.5 Å². The molecule has 0 bridgehead atoms. The Bertz CT molecular complexity index is 359. The van der Waals surface area contributed by atoms with E-state index in [0.717, 1.165) is 29.3 Å². The number of aliphatic hydroxyl groups is 1. The van der Waals surface area contributed by atoms with Gasteiger partial charge < -0.3 is 9.84 Å². The van der Waals surface area contributed by atoms with Crippen LogP contribution in [0, 0.1) is 0 Å². The SMILES string of the molecule is COC1(CO)CCCc2ccc(Br)cc21. The van der Waals surface area contributed by atoms with E-state index in [0.29, 0.717) is 0 Å². The minimum absolute atomic E-state index is 0.0486. The Labute approximate surface area is 98.4 Å². The van der Waals surface area contributed by atoms with Crippen molar-refractivity contribution < 1.29 is 9.84 Å². The van der Waals surface area contributed by atoms with Gasteiger partial charge >= 0.3 is 0 Å². The van der Waals surface area contributed by atoms with Crippen molar-refractivity contribution in [3.8, 4) is 0 Å². The maximum absolute atomic E-state index is 9.54. The van der Waals surface area contributed by atoms with Crippen molar-refractivity contribution >= 4 is 15.9 Å². The van der Waals surface area contributed by atoms with E-state index >= 15 is 0 Å². The van der Waals surface area contributed by atoms with Crippen molar-refractivity contribution in [1.82, 2.24) is 0 Å². The van der Waals surface area contributed by atoms with Crippen LogP contribution in [0.1, 0.15) is 24.0 Å². The molecule has 15 heavy (non-hydrogen) atoms. The van der Waals surface area contributed by atoms with E-state index in [1.165, 1.54) is 5.56 Å². The number of fused-ring (bicyclic) bond motifs is 1. The molecule has 0 aliphatic heterocycles. The Balaban J connectivity index is 2.53. The van der Waals surface area contributed by atoms with Crippen molar-refractivity contribution in [3.63, 3.8) is 0 Å². The molecule has 0 spiro atoms. The van der Waals surface area contributed by atoms with Gasteiger partial charge in [-0.2, -0.15) is 0 Å². The normalized spacial score (nSPS) is 25.0. The van der Waals surface area contributed by atoms with Gasteiger partial charge in [0.25, 0.3) is 0 Å². The average molecular weight is 271 g/mol. The molecule has 1 unspecified atom stereocenters. The van der Waals surface area contributed by atoms with Crippen LogP contribution in [0.4, 0.5) is 0 Å². The smallest absolute Gasteiger partial charge is 0.116 e. The lowest BCUT2D eigenvalue weighted by atomic mass is 9.79. The molecule has 0 saturated heterocycles. The highest BCUT2D eigenvalue weighted by molar-refractivity contribution is 9.10. The molecule has 0 aromatic heterocycles. The lowest BCUT2D eigenvalue weighted by molar-refractivity contribution is -0.0688. The summed E-state index contributed by atoms with van der Waals surface area (Å²) in [6.07, 6.45) is 3.04. The molecule has 1 aromatic rings. The van der Waals surface area contributed by atoms with Crippen LogP contribution in [0.25, 0.3) is 0 Å². The number of methoxy groups -OCH3 is 1. The third-order valence-corrected chi connectivity index (χ3v) is 3.73. The lowest BCUT2D eigenvalue weighted by Gasteiger charge is -2.36. The molecule has 3 heteroatoms. The van der Waals surface area contributed by atoms with Crippen molar-refractivity contribution in [2.24, 2.45) is 0 Å². The van der Waals surface area contributed by atoms with Gasteiger partial charge in [0.15, 0.2) is 0 Å². The summed E-state index contributed by atoms with van der Waals surface area (Å²) in [5, 5.41) is 9.54. The Hall–Kier alpha value is -0.380. The van der Waals surface area contributed by atoms with Crippen LogP contribution in [-0.4, -0.2) is 18.8 Å². The number of benzene rings is 1. The van der Waals surface area contributed by atoms with Crippen molar-refractivity contribution in [1.29, 1.82) is 0 Å². The molecule has 1 N–H and O–H groups in total. The van der Waals surface area contributed by atoms with Gasteiger partial charge in [0.2, 0.25) is 0 Å². The second-order valence-corrected chi connectivity index (χ2v) is 4.93. The first-order valence-corrected chi connectivity index (χ1v) is 5.96. The molecular weight excluding hydrogens is 256 g/mol. The number of aryl methyl sites for hydroxylation is 1. The zero-order chi connectivity index (χ0) is 10.9. The van der Waals surface area contributed by atoms with Crippen LogP contribution in [0.3, 0.4) is 0 Å². The third kappa shape index (κ3) is 1.84. The van der Waals surface area contributed by atoms with Gasteiger partial charge in [-0.1, -0.05) is 22.0 Å². The fourth-order valence-electron chi connectivity index (χ4n) is 2.33. The number of aliphatic hydroxyl groups excluding tert-OH is 1. The monoisotopic (exact) mass is 270 g/mol. The van der Waals surface area contributed by atoms with Gasteiger partial charge in [-0.25, -0.2) is 0 Å². The molecule has 0 radical (unpaired) electrons. The van der Waals surface area contributed by atoms with E-state index in [2.05, 4.69) is 28.1 Å². The summed E-state index contributed by atoms with van der Waals surface area (Å²) < 4.78 is 6.58. The molecule has 1 atom stereocenters. The summed E-state index contributed by atoms with van der Waals surface area (Å²) in [5.74, 6) is 0. The maximum atomic E-state index is 9.54. The summed E-state index contributed by atoms with van der Waals surface area (Å²) in [5.41, 5.74) is 1.94. The Morgan fingerprint density at radius 3 is 3.00 bits per heavy atom. The molecule has 0 heterocycles. The molecular formula is C12H15BrO2. The van der Waals surface area contributed by atoms with Crippen LogP contribution in [0.5, 0.6) is 0 Å². The first kappa shape index (κ1) is 11.1. The van der Waals surface area contributed by atoms with Gasteiger partial charge in [0.1, 0.15) is 5.60 Å². The quantitative estimate of drug-likeness (QED) is 0.896. The van der Waals surface area contributed by atoms with Crippen molar-refractivity contribution in [2.75, 3.05) is 13.7 Å². The van der Waals surface area contributed by atoms with Crippen molar-refractivity contribution in [3.05, 3.63) is 33.8 Å². The van der Waals surface area contributed by atoms with E-state index in [4.69, 9.17) is 4.74 Å². The van der Waals surface area contributed by atoms with Gasteiger partial charge in [-0.05, 0) is 42.5 Å². The second-order valence-electron chi connectivity index (χ2n) is 4.01. The van der Waals surface area contributed by atoms with Crippen LogP contribution in [0.15, 0.2) is 22.7 Å². The average Bonchev–Trinajstić information content (AvgIpc) is 2.28. The maximum Gasteiger partial charge on any atom is 0.116 e. The van der Waals surface area contributed by atoms with E-state index in [1.54, 1.807) is 7.11 Å². The summed E-state index contributed by atoms with van der Waals surface area (Å²) in [7, 11) is 1.67. The Morgan fingerprint density at radius 1 is 1.53 bits per heavy atom. The van der Waals surface area contributed by atoms with Gasteiger partial charge in [-0.3, -0.25) is 0 Å². The zero-order valence-corrected chi connectivity index (χ0v) is 10.4. The first-order valence-electron chi connectivity index (χ1n) is 5.17. The molecule has 1 aromatic carbocycles. The molecule has 1 aliphatic rings. The molecule has 2 rings (SSSR count). The van der Waals surface area contributed by atoms with Crippen LogP contribution in [0.2, 0.25) is 0 Å². The van der Waals surface area contributed by atoms with E-state index in [1.807, 2.05) is 6.07 Å². The van der Waals surface area contributed by atoms with E-state index in [9.17, 15) is 5.11 Å². The van der Waals surface area contributed by atoms with Crippen LogP contribution < -0.4 is 0 Å². The largest absolute Gasteiger partial charge is 0.393 e. The number of halogens is 1. The highest BCUT2D eigenvalue weighted by Crippen LogP contribution is 2.38. The van der Waals surface area contributed by atoms with Gasteiger partial charge in [0, 0.05) is 11.6 Å². The third-order valence-electron chi connectivity index (χ3n) is 3.24.